The number of fused-ring (bicyclic) bond motifs is 2. The van der Waals surface area contributed by atoms with Crippen LogP contribution in [-0.2, 0) is 39.4 Å². The zero-order chi connectivity index (χ0) is 26.3. The van der Waals surface area contributed by atoms with Crippen LogP contribution >= 0.6 is 0 Å². The van der Waals surface area contributed by atoms with Crippen molar-refractivity contribution in [3.63, 3.8) is 0 Å². The fourth-order valence-corrected chi connectivity index (χ4v) is 5.91. The third kappa shape index (κ3) is 4.13. The molecule has 3 aliphatic heterocycles. The number of hydrogen-bond donors (Lipinski definition) is 1. The number of aliphatic hydroxyl groups excluding tert-OH is 1. The summed E-state index contributed by atoms with van der Waals surface area (Å²) in [6.07, 6.45) is 3.17. The zero-order valence-corrected chi connectivity index (χ0v) is 21.3. The number of hydrogen-bond acceptors (Lipinski definition) is 7. The molecule has 2 saturated heterocycles. The number of anilines is 2. The number of aryl methyl sites for hydroxylation is 1. The van der Waals surface area contributed by atoms with Crippen LogP contribution in [0, 0.1) is 5.92 Å². The van der Waals surface area contributed by atoms with Crippen molar-refractivity contribution in [3.05, 3.63) is 71.5 Å². The van der Waals surface area contributed by atoms with E-state index < -0.39 is 5.60 Å². The Morgan fingerprint density at radius 1 is 1.16 bits per heavy atom. The molecule has 1 spiro atoms. The second-order valence-corrected chi connectivity index (χ2v) is 10.2. The molecule has 1 aromatic heterocycles. The highest BCUT2D eigenvalue weighted by atomic mass is 16.6. The number of aromatic nitrogens is 3. The molecular formula is C28H31N5O5. The van der Waals surface area contributed by atoms with E-state index in [0.717, 1.165) is 28.9 Å². The van der Waals surface area contributed by atoms with Crippen LogP contribution in [0.3, 0.4) is 0 Å². The molecule has 2 amide bonds. The van der Waals surface area contributed by atoms with Crippen LogP contribution in [0.4, 0.5) is 16.2 Å². The van der Waals surface area contributed by atoms with Gasteiger partial charge in [0.2, 0.25) is 0 Å². The summed E-state index contributed by atoms with van der Waals surface area (Å²) in [4.78, 5) is 30.0. The summed E-state index contributed by atoms with van der Waals surface area (Å²) in [5, 5.41) is 17.4. The molecular weight excluding hydrogens is 486 g/mol. The smallest absolute Gasteiger partial charge is 0.414 e. The van der Waals surface area contributed by atoms with Crippen LogP contribution in [0.2, 0.25) is 0 Å². The Morgan fingerprint density at radius 2 is 2.00 bits per heavy atom. The average Bonchev–Trinajstić information content (AvgIpc) is 3.68. The van der Waals surface area contributed by atoms with E-state index in [1.54, 1.807) is 9.58 Å². The molecule has 3 atom stereocenters. The van der Waals surface area contributed by atoms with Gasteiger partial charge in [-0.1, -0.05) is 42.5 Å². The van der Waals surface area contributed by atoms with Gasteiger partial charge in [-0.05, 0) is 36.6 Å². The Morgan fingerprint density at radius 3 is 2.76 bits per heavy atom. The van der Waals surface area contributed by atoms with Crippen LogP contribution in [-0.4, -0.2) is 58.0 Å². The lowest BCUT2D eigenvalue weighted by molar-refractivity contribution is -0.146. The first-order chi connectivity index (χ1) is 18.5. The molecule has 0 radical (unpaired) electrons. The number of amides is 2. The maximum Gasteiger partial charge on any atom is 0.414 e. The second-order valence-electron chi connectivity index (χ2n) is 10.2. The normalized spacial score (nSPS) is 24.5. The largest absolute Gasteiger partial charge is 0.447 e. The van der Waals surface area contributed by atoms with Gasteiger partial charge in [0.25, 0.3) is 5.91 Å². The molecule has 0 unspecified atom stereocenters. The highest BCUT2D eigenvalue weighted by molar-refractivity contribution is 6.08. The van der Waals surface area contributed by atoms with Gasteiger partial charge in [-0.2, -0.15) is 0 Å². The molecule has 0 saturated carbocycles. The highest BCUT2D eigenvalue weighted by Crippen LogP contribution is 2.54. The van der Waals surface area contributed by atoms with Gasteiger partial charge in [-0.3, -0.25) is 14.4 Å². The Balaban J connectivity index is 1.31. The van der Waals surface area contributed by atoms with Gasteiger partial charge < -0.3 is 19.5 Å². The van der Waals surface area contributed by atoms with E-state index in [1.807, 2.05) is 59.6 Å². The van der Waals surface area contributed by atoms with Gasteiger partial charge in [0.05, 0.1) is 30.6 Å². The van der Waals surface area contributed by atoms with E-state index in [1.165, 1.54) is 0 Å². The quantitative estimate of drug-likeness (QED) is 0.489. The molecule has 2 aromatic carbocycles. The SMILES string of the molecule is C[C@@H]1C[C@H](CCn2cc(CCO)nn2)O[C@@]12C(=O)N(Cc1ccccc1)c1ccc(N3CCOC3=O)cc12. The average molecular weight is 518 g/mol. The summed E-state index contributed by atoms with van der Waals surface area (Å²) >= 11 is 0. The van der Waals surface area contributed by atoms with Crippen molar-refractivity contribution >= 4 is 23.4 Å². The van der Waals surface area contributed by atoms with Gasteiger partial charge in [0.1, 0.15) is 6.61 Å². The van der Waals surface area contributed by atoms with Crippen LogP contribution in [0.15, 0.2) is 54.7 Å². The highest BCUT2D eigenvalue weighted by Gasteiger charge is 2.60. The van der Waals surface area contributed by atoms with Crippen LogP contribution < -0.4 is 9.80 Å². The van der Waals surface area contributed by atoms with E-state index in [9.17, 15) is 9.59 Å². The third-order valence-electron chi connectivity index (χ3n) is 7.79. The maximum absolute atomic E-state index is 14.2. The number of cyclic esters (lactones) is 1. The van der Waals surface area contributed by atoms with Crippen LogP contribution in [0.5, 0.6) is 0 Å². The number of rotatable bonds is 8. The molecule has 2 fully saturated rings. The van der Waals surface area contributed by atoms with E-state index in [0.29, 0.717) is 44.8 Å². The number of aliphatic hydroxyl groups is 1. The minimum atomic E-state index is -1.13. The second kappa shape index (κ2) is 9.85. The molecule has 1 N–H and O–H groups in total. The number of benzene rings is 2. The van der Waals surface area contributed by atoms with Gasteiger partial charge in [-0.25, -0.2) is 4.79 Å². The van der Waals surface area contributed by atoms with Crippen molar-refractivity contribution in [1.29, 1.82) is 0 Å². The molecule has 6 rings (SSSR count). The van der Waals surface area contributed by atoms with Crippen LogP contribution in [0.25, 0.3) is 0 Å². The van der Waals surface area contributed by atoms with Crippen LogP contribution in [0.1, 0.15) is 36.6 Å². The first kappa shape index (κ1) is 24.6. The summed E-state index contributed by atoms with van der Waals surface area (Å²) in [5.41, 5.74) is 2.97. The summed E-state index contributed by atoms with van der Waals surface area (Å²) in [7, 11) is 0. The lowest BCUT2D eigenvalue weighted by atomic mass is 9.82. The van der Waals surface area contributed by atoms with Gasteiger partial charge >= 0.3 is 6.09 Å². The summed E-state index contributed by atoms with van der Waals surface area (Å²) in [5.74, 6) is -0.139. The van der Waals surface area contributed by atoms with Gasteiger partial charge in [0.15, 0.2) is 5.60 Å². The molecule has 3 aliphatic rings. The molecule has 4 heterocycles. The summed E-state index contributed by atoms with van der Waals surface area (Å²) < 4.78 is 13.6. The lowest BCUT2D eigenvalue weighted by Gasteiger charge is -2.28. The van der Waals surface area contributed by atoms with E-state index in [2.05, 4.69) is 17.2 Å². The molecule has 10 heteroatoms. The van der Waals surface area contributed by atoms with Crippen molar-refractivity contribution in [3.8, 4) is 0 Å². The third-order valence-corrected chi connectivity index (χ3v) is 7.79. The Bertz CT molecular complexity index is 1340. The van der Waals surface area contributed by atoms with Crippen molar-refractivity contribution in [2.45, 2.75) is 51.0 Å². The van der Waals surface area contributed by atoms with Crippen molar-refractivity contribution in [2.75, 3.05) is 29.6 Å². The van der Waals surface area contributed by atoms with E-state index in [4.69, 9.17) is 14.6 Å². The minimum Gasteiger partial charge on any atom is -0.447 e. The zero-order valence-electron chi connectivity index (χ0n) is 21.3. The summed E-state index contributed by atoms with van der Waals surface area (Å²) in [6.45, 7) is 3.95. The Hall–Kier alpha value is -3.76. The summed E-state index contributed by atoms with van der Waals surface area (Å²) in [6, 6.07) is 15.7. The predicted octanol–water partition coefficient (Wildman–Crippen LogP) is 3.03. The molecule has 38 heavy (non-hydrogen) atoms. The fraction of sp³-hybridized carbons (Fsp3) is 0.429. The fourth-order valence-electron chi connectivity index (χ4n) is 5.91. The first-order valence-electron chi connectivity index (χ1n) is 13.1. The number of carbonyl (C=O) groups excluding carboxylic acids is 2. The topological polar surface area (TPSA) is 110 Å². The maximum atomic E-state index is 14.2. The van der Waals surface area contributed by atoms with Crippen molar-refractivity contribution in [1.82, 2.24) is 15.0 Å². The number of carbonyl (C=O) groups is 2. The minimum absolute atomic E-state index is 0.0304. The number of ether oxygens (including phenoxy) is 2. The lowest BCUT2D eigenvalue weighted by Crippen LogP contribution is -2.43. The molecule has 3 aromatic rings. The Kier molecular flexibility index (Phi) is 6.37. The van der Waals surface area contributed by atoms with E-state index >= 15 is 0 Å². The molecule has 10 nitrogen and oxygen atoms in total. The predicted molar refractivity (Wildman–Crippen MR) is 139 cm³/mol. The molecule has 0 bridgehead atoms. The van der Waals surface area contributed by atoms with Gasteiger partial charge in [0, 0.05) is 42.9 Å². The monoisotopic (exact) mass is 517 g/mol. The number of nitrogens with zero attached hydrogens (tertiary/aromatic N) is 5. The van der Waals surface area contributed by atoms with Crippen molar-refractivity contribution < 1.29 is 24.2 Å². The first-order valence-corrected chi connectivity index (χ1v) is 13.1. The van der Waals surface area contributed by atoms with Gasteiger partial charge in [-0.15, -0.1) is 5.10 Å². The van der Waals surface area contributed by atoms with Crippen molar-refractivity contribution in [2.24, 2.45) is 5.92 Å². The Labute approximate surface area is 220 Å². The van der Waals surface area contributed by atoms with E-state index in [-0.39, 0.29) is 30.6 Å². The molecule has 198 valence electrons. The standard InChI is InChI=1S/C28H31N5O5/c1-19-15-23(9-11-31-18-21(10-13-34)29-30-31)38-28(19)24-16-22(32-12-14-37-27(32)36)7-8-25(24)33(26(28)35)17-20-5-3-2-4-6-20/h2-8,16,18-19,23,34H,9-15,17H2,1H3/t19-,23+,28+/m1/s1. The molecule has 0 aliphatic carbocycles.